The molecule has 0 spiro atoms. The van der Waals surface area contributed by atoms with Gasteiger partial charge < -0.3 is 14.5 Å². The Balaban J connectivity index is 1.57. The number of amides is 1. The number of aryl methyl sites for hydroxylation is 2. The Labute approximate surface area is 148 Å². The molecule has 1 amide bonds. The van der Waals surface area contributed by atoms with E-state index in [2.05, 4.69) is 14.9 Å². The zero-order chi connectivity index (χ0) is 17.8. The lowest BCUT2D eigenvalue weighted by Crippen LogP contribution is -2.52. The number of para-hydroxylation sites is 1. The Morgan fingerprint density at radius 1 is 1.12 bits per heavy atom. The normalized spacial score (nSPS) is 15.8. The van der Waals surface area contributed by atoms with E-state index in [-0.39, 0.29) is 5.91 Å². The molecule has 1 aliphatic rings. The fourth-order valence-corrected chi connectivity index (χ4v) is 2.95. The quantitative estimate of drug-likeness (QED) is 0.854. The summed E-state index contributed by atoms with van der Waals surface area (Å²) in [6.07, 6.45) is 3.02. The first-order valence-corrected chi connectivity index (χ1v) is 8.59. The average Bonchev–Trinajstić information content (AvgIpc) is 2.63. The van der Waals surface area contributed by atoms with Crippen molar-refractivity contribution in [2.75, 3.05) is 31.1 Å². The molecular formula is C19H24N4O2. The van der Waals surface area contributed by atoms with E-state index in [4.69, 9.17) is 4.74 Å². The second kappa shape index (κ2) is 7.51. The minimum atomic E-state index is -0.494. The summed E-state index contributed by atoms with van der Waals surface area (Å²) < 4.78 is 5.86. The fourth-order valence-electron chi connectivity index (χ4n) is 2.95. The average molecular weight is 340 g/mol. The molecule has 2 heterocycles. The maximum atomic E-state index is 12.7. The number of ether oxygens (including phenoxy) is 1. The Bertz CT molecular complexity index is 742. The number of carbonyl (C=O) groups is 1. The number of nitrogens with zero attached hydrogens (tertiary/aromatic N) is 4. The van der Waals surface area contributed by atoms with Crippen LogP contribution in [0.5, 0.6) is 5.75 Å². The van der Waals surface area contributed by atoms with Gasteiger partial charge in [0, 0.05) is 32.4 Å². The maximum Gasteiger partial charge on any atom is 0.263 e. The Morgan fingerprint density at radius 3 is 2.52 bits per heavy atom. The molecule has 0 N–H and O–H groups in total. The largest absolute Gasteiger partial charge is 0.481 e. The standard InChI is InChI=1S/C19H24N4O2/c1-14-6-4-5-7-17(14)25-16(3)19(24)23-10-8-22(9-11-23)18-13-20-12-15(2)21-18/h4-7,12-13,16H,8-11H2,1-3H3. The molecule has 1 aromatic carbocycles. The molecule has 3 rings (SSSR count). The summed E-state index contributed by atoms with van der Waals surface area (Å²) in [5.74, 6) is 1.66. The van der Waals surface area contributed by atoms with Gasteiger partial charge >= 0.3 is 0 Å². The molecule has 1 aliphatic heterocycles. The second-order valence-electron chi connectivity index (χ2n) is 6.36. The lowest BCUT2D eigenvalue weighted by atomic mass is 10.2. The van der Waals surface area contributed by atoms with E-state index in [1.807, 2.05) is 49.9 Å². The van der Waals surface area contributed by atoms with Gasteiger partial charge in [-0.2, -0.15) is 0 Å². The monoisotopic (exact) mass is 340 g/mol. The molecule has 0 aliphatic carbocycles. The van der Waals surface area contributed by atoms with Crippen LogP contribution in [0.25, 0.3) is 0 Å². The molecule has 1 fully saturated rings. The van der Waals surface area contributed by atoms with E-state index >= 15 is 0 Å². The minimum absolute atomic E-state index is 0.0261. The third-order valence-electron chi connectivity index (χ3n) is 4.40. The van der Waals surface area contributed by atoms with E-state index in [9.17, 15) is 4.79 Å². The molecule has 2 aromatic rings. The van der Waals surface area contributed by atoms with Crippen molar-refractivity contribution in [3.05, 3.63) is 47.9 Å². The highest BCUT2D eigenvalue weighted by molar-refractivity contribution is 5.81. The summed E-state index contributed by atoms with van der Waals surface area (Å²) in [5, 5.41) is 0. The number of piperazine rings is 1. The maximum absolute atomic E-state index is 12.7. The van der Waals surface area contributed by atoms with E-state index in [1.165, 1.54) is 0 Å². The van der Waals surface area contributed by atoms with Gasteiger partial charge in [-0.1, -0.05) is 18.2 Å². The highest BCUT2D eigenvalue weighted by Crippen LogP contribution is 2.19. The van der Waals surface area contributed by atoms with Gasteiger partial charge in [0.05, 0.1) is 11.9 Å². The zero-order valence-electron chi connectivity index (χ0n) is 15.0. The second-order valence-corrected chi connectivity index (χ2v) is 6.36. The first-order chi connectivity index (χ1) is 12.0. The Kier molecular flexibility index (Phi) is 5.16. The number of anilines is 1. The first-order valence-electron chi connectivity index (χ1n) is 8.59. The summed E-state index contributed by atoms with van der Waals surface area (Å²) in [6.45, 7) is 8.55. The SMILES string of the molecule is Cc1cncc(N2CCN(C(=O)C(C)Oc3ccccc3C)CC2)n1. The predicted octanol–water partition coefficient (Wildman–Crippen LogP) is 2.21. The highest BCUT2D eigenvalue weighted by Gasteiger charge is 2.26. The van der Waals surface area contributed by atoms with Crippen LogP contribution >= 0.6 is 0 Å². The van der Waals surface area contributed by atoms with Gasteiger partial charge in [-0.15, -0.1) is 0 Å². The van der Waals surface area contributed by atoms with Gasteiger partial charge in [-0.3, -0.25) is 9.78 Å². The lowest BCUT2D eigenvalue weighted by Gasteiger charge is -2.36. The summed E-state index contributed by atoms with van der Waals surface area (Å²) in [6, 6.07) is 7.75. The van der Waals surface area contributed by atoms with Crippen molar-refractivity contribution in [3.63, 3.8) is 0 Å². The fraction of sp³-hybridized carbons (Fsp3) is 0.421. The van der Waals surface area contributed by atoms with Gasteiger partial charge in [0.25, 0.3) is 5.91 Å². The molecule has 0 saturated carbocycles. The van der Waals surface area contributed by atoms with E-state index < -0.39 is 6.10 Å². The molecule has 25 heavy (non-hydrogen) atoms. The van der Waals surface area contributed by atoms with Crippen LogP contribution in [0.2, 0.25) is 0 Å². The third-order valence-corrected chi connectivity index (χ3v) is 4.40. The van der Waals surface area contributed by atoms with Gasteiger partial charge in [0.15, 0.2) is 6.10 Å². The Morgan fingerprint density at radius 2 is 1.84 bits per heavy atom. The third kappa shape index (κ3) is 4.07. The minimum Gasteiger partial charge on any atom is -0.481 e. The summed E-state index contributed by atoms with van der Waals surface area (Å²) >= 11 is 0. The summed E-state index contributed by atoms with van der Waals surface area (Å²) in [7, 11) is 0. The van der Waals surface area contributed by atoms with Crippen molar-refractivity contribution in [3.8, 4) is 5.75 Å². The van der Waals surface area contributed by atoms with Crippen molar-refractivity contribution in [2.45, 2.75) is 26.9 Å². The van der Waals surface area contributed by atoms with Crippen LogP contribution in [0.15, 0.2) is 36.7 Å². The van der Waals surface area contributed by atoms with Crippen molar-refractivity contribution < 1.29 is 9.53 Å². The smallest absolute Gasteiger partial charge is 0.263 e. The predicted molar refractivity (Wildman–Crippen MR) is 96.8 cm³/mol. The topological polar surface area (TPSA) is 58.6 Å². The van der Waals surface area contributed by atoms with Gasteiger partial charge in [-0.05, 0) is 32.4 Å². The van der Waals surface area contributed by atoms with Crippen LogP contribution in [-0.2, 0) is 4.79 Å². The molecule has 132 valence electrons. The zero-order valence-corrected chi connectivity index (χ0v) is 15.0. The Hall–Kier alpha value is -2.63. The van der Waals surface area contributed by atoms with E-state index in [0.717, 1.165) is 35.9 Å². The van der Waals surface area contributed by atoms with Crippen LogP contribution in [-0.4, -0.2) is 53.1 Å². The lowest BCUT2D eigenvalue weighted by molar-refractivity contribution is -0.138. The number of rotatable bonds is 4. The van der Waals surface area contributed by atoms with Crippen molar-refractivity contribution in [1.82, 2.24) is 14.9 Å². The molecule has 0 radical (unpaired) electrons. The van der Waals surface area contributed by atoms with Crippen LogP contribution < -0.4 is 9.64 Å². The summed E-state index contributed by atoms with van der Waals surface area (Å²) in [5.41, 5.74) is 1.93. The molecule has 0 bridgehead atoms. The molecule has 1 saturated heterocycles. The van der Waals surface area contributed by atoms with Gasteiger partial charge in [-0.25, -0.2) is 4.98 Å². The van der Waals surface area contributed by atoms with Crippen LogP contribution in [0.3, 0.4) is 0 Å². The van der Waals surface area contributed by atoms with E-state index in [0.29, 0.717) is 13.1 Å². The van der Waals surface area contributed by atoms with Crippen molar-refractivity contribution in [2.24, 2.45) is 0 Å². The molecular weight excluding hydrogens is 316 g/mol. The number of aromatic nitrogens is 2. The number of carbonyl (C=O) groups excluding carboxylic acids is 1. The first kappa shape index (κ1) is 17.2. The van der Waals surface area contributed by atoms with Crippen LogP contribution in [0.4, 0.5) is 5.82 Å². The van der Waals surface area contributed by atoms with Crippen molar-refractivity contribution >= 4 is 11.7 Å². The summed E-state index contributed by atoms with van der Waals surface area (Å²) in [4.78, 5) is 25.4. The van der Waals surface area contributed by atoms with E-state index in [1.54, 1.807) is 12.4 Å². The van der Waals surface area contributed by atoms with Gasteiger partial charge in [0.1, 0.15) is 11.6 Å². The van der Waals surface area contributed by atoms with Crippen molar-refractivity contribution in [1.29, 1.82) is 0 Å². The van der Waals surface area contributed by atoms with Crippen LogP contribution in [0.1, 0.15) is 18.2 Å². The van der Waals surface area contributed by atoms with Crippen LogP contribution in [0, 0.1) is 13.8 Å². The number of hydrogen-bond acceptors (Lipinski definition) is 5. The number of hydrogen-bond donors (Lipinski definition) is 0. The highest BCUT2D eigenvalue weighted by atomic mass is 16.5. The molecule has 1 unspecified atom stereocenters. The molecule has 6 heteroatoms. The molecule has 6 nitrogen and oxygen atoms in total. The molecule has 1 aromatic heterocycles. The van der Waals surface area contributed by atoms with Gasteiger partial charge in [0.2, 0.25) is 0 Å². The number of benzene rings is 1. The molecule has 1 atom stereocenters.